The van der Waals surface area contributed by atoms with E-state index in [9.17, 15) is 9.59 Å². The number of nitrogens with one attached hydrogen (secondary N) is 1. The van der Waals surface area contributed by atoms with E-state index in [1.54, 1.807) is 51.7 Å². The minimum atomic E-state index is -0.434. The highest BCUT2D eigenvalue weighted by atomic mass is 16.5. The molecule has 2 aromatic carbocycles. The Hall–Kier alpha value is -4.08. The van der Waals surface area contributed by atoms with Crippen molar-refractivity contribution in [3.05, 3.63) is 48.4 Å². The normalized spacial score (nSPS) is 21.8. The van der Waals surface area contributed by atoms with Crippen LogP contribution in [-0.4, -0.2) is 49.5 Å². The number of hydrogen-bond acceptors (Lipinski definition) is 8. The highest BCUT2D eigenvalue weighted by Crippen LogP contribution is 2.39. The molecule has 182 valence electrons. The van der Waals surface area contributed by atoms with Crippen LogP contribution in [0.25, 0.3) is 11.4 Å². The molecule has 1 saturated heterocycles. The fourth-order valence-corrected chi connectivity index (χ4v) is 4.77. The largest absolute Gasteiger partial charge is 0.497 e. The quantitative estimate of drug-likeness (QED) is 0.569. The second-order valence-corrected chi connectivity index (χ2v) is 8.60. The second kappa shape index (κ2) is 9.28. The van der Waals surface area contributed by atoms with Gasteiger partial charge in [-0.3, -0.25) is 4.79 Å². The molecule has 2 fully saturated rings. The fraction of sp³-hybridized carbons (Fsp3) is 0.360. The zero-order valence-corrected chi connectivity index (χ0v) is 19.7. The van der Waals surface area contributed by atoms with Gasteiger partial charge in [0, 0.05) is 23.6 Å². The van der Waals surface area contributed by atoms with Crippen molar-refractivity contribution in [3.8, 4) is 28.6 Å². The Morgan fingerprint density at radius 2 is 1.63 bits per heavy atom. The van der Waals surface area contributed by atoms with Crippen molar-refractivity contribution in [2.45, 2.75) is 31.2 Å². The van der Waals surface area contributed by atoms with Crippen LogP contribution in [0.5, 0.6) is 17.2 Å². The lowest BCUT2D eigenvalue weighted by atomic mass is 9.76. The third-order valence-electron chi connectivity index (χ3n) is 6.63. The van der Waals surface area contributed by atoms with Crippen molar-refractivity contribution in [2.24, 2.45) is 5.92 Å². The zero-order chi connectivity index (χ0) is 24.5. The van der Waals surface area contributed by atoms with Gasteiger partial charge in [0.1, 0.15) is 17.2 Å². The average molecular weight is 479 g/mol. The lowest BCUT2D eigenvalue weighted by molar-refractivity contribution is -0.124. The number of imide groups is 1. The Morgan fingerprint density at radius 1 is 0.943 bits per heavy atom. The third kappa shape index (κ3) is 4.27. The van der Waals surface area contributed by atoms with Crippen molar-refractivity contribution in [1.82, 2.24) is 15.5 Å². The molecule has 1 aliphatic carbocycles. The smallest absolute Gasteiger partial charge is 0.328 e. The molecule has 1 aromatic heterocycles. The lowest BCUT2D eigenvalue weighted by Gasteiger charge is -2.41. The van der Waals surface area contributed by atoms with Crippen LogP contribution in [0.1, 0.15) is 31.1 Å². The molecular formula is C25H26N4O6. The molecule has 1 N–H and O–H groups in total. The number of anilines is 1. The van der Waals surface area contributed by atoms with Gasteiger partial charge in [-0.1, -0.05) is 5.16 Å². The molecule has 35 heavy (non-hydrogen) atoms. The predicted molar refractivity (Wildman–Crippen MR) is 126 cm³/mol. The van der Waals surface area contributed by atoms with Gasteiger partial charge >= 0.3 is 6.03 Å². The van der Waals surface area contributed by atoms with E-state index < -0.39 is 6.03 Å². The number of fused-ring (bicyclic) bond motifs is 1. The number of benzene rings is 2. The molecule has 3 atom stereocenters. The maximum Gasteiger partial charge on any atom is 0.328 e. The van der Waals surface area contributed by atoms with Crippen molar-refractivity contribution in [3.63, 3.8) is 0 Å². The van der Waals surface area contributed by atoms with Crippen molar-refractivity contribution in [2.75, 3.05) is 26.2 Å². The molecule has 1 saturated carbocycles. The Labute approximate surface area is 202 Å². The molecule has 0 radical (unpaired) electrons. The fourth-order valence-electron chi connectivity index (χ4n) is 4.77. The second-order valence-electron chi connectivity index (χ2n) is 8.60. The molecule has 2 aliphatic rings. The molecular weight excluding hydrogens is 452 g/mol. The summed E-state index contributed by atoms with van der Waals surface area (Å²) in [5.74, 6) is 2.24. The molecule has 0 bridgehead atoms. The summed E-state index contributed by atoms with van der Waals surface area (Å²) < 4.78 is 21.4. The number of urea groups is 1. The summed E-state index contributed by atoms with van der Waals surface area (Å²) in [4.78, 5) is 31.9. The van der Waals surface area contributed by atoms with Crippen LogP contribution in [0.4, 0.5) is 10.5 Å². The van der Waals surface area contributed by atoms with Gasteiger partial charge in [-0.2, -0.15) is 4.98 Å². The SMILES string of the molecule is COc1ccc(N2C(=O)NC3CC(c4nc(-c5cc(OC)cc(OC)c5)no4)CCC3C2=O)cc1. The molecule has 1 aliphatic heterocycles. The van der Waals surface area contributed by atoms with Crippen LogP contribution in [0, 0.1) is 5.92 Å². The molecule has 3 amide bonds. The lowest BCUT2D eigenvalue weighted by Crippen LogP contribution is -2.61. The highest BCUT2D eigenvalue weighted by Gasteiger charge is 2.46. The first-order valence-corrected chi connectivity index (χ1v) is 11.4. The molecule has 10 heteroatoms. The topological polar surface area (TPSA) is 116 Å². The van der Waals surface area contributed by atoms with E-state index >= 15 is 0 Å². The van der Waals surface area contributed by atoms with Crippen LogP contribution in [-0.2, 0) is 4.79 Å². The van der Waals surface area contributed by atoms with E-state index in [0.717, 1.165) is 0 Å². The summed E-state index contributed by atoms with van der Waals surface area (Å²) in [6.45, 7) is 0. The van der Waals surface area contributed by atoms with Gasteiger partial charge in [0.05, 0.1) is 32.9 Å². The summed E-state index contributed by atoms with van der Waals surface area (Å²) in [5, 5.41) is 7.15. The summed E-state index contributed by atoms with van der Waals surface area (Å²) in [6, 6.07) is 11.5. The van der Waals surface area contributed by atoms with Gasteiger partial charge < -0.3 is 24.1 Å². The number of ether oxygens (including phenoxy) is 3. The molecule has 2 heterocycles. The van der Waals surface area contributed by atoms with Gasteiger partial charge in [-0.15, -0.1) is 0 Å². The van der Waals surface area contributed by atoms with Crippen LogP contribution < -0.4 is 24.4 Å². The number of methoxy groups -OCH3 is 3. The van der Waals surface area contributed by atoms with E-state index in [4.69, 9.17) is 18.7 Å². The van der Waals surface area contributed by atoms with Gasteiger partial charge in [-0.25, -0.2) is 9.69 Å². The number of hydrogen-bond donors (Lipinski definition) is 1. The first kappa shape index (κ1) is 22.7. The summed E-state index contributed by atoms with van der Waals surface area (Å²) in [6.07, 6.45) is 1.84. The monoisotopic (exact) mass is 478 g/mol. The predicted octanol–water partition coefficient (Wildman–Crippen LogP) is 3.77. The van der Waals surface area contributed by atoms with Crippen molar-refractivity contribution >= 4 is 17.6 Å². The number of nitrogens with zero attached hydrogens (tertiary/aromatic N) is 3. The van der Waals surface area contributed by atoms with E-state index in [1.165, 1.54) is 4.90 Å². The van der Waals surface area contributed by atoms with E-state index in [2.05, 4.69) is 15.5 Å². The number of carbonyl (C=O) groups excluding carboxylic acids is 2. The minimum absolute atomic E-state index is 0.0642. The Morgan fingerprint density at radius 3 is 2.29 bits per heavy atom. The van der Waals surface area contributed by atoms with E-state index in [0.29, 0.717) is 59.5 Å². The number of rotatable bonds is 6. The van der Waals surface area contributed by atoms with Crippen LogP contribution in [0.2, 0.25) is 0 Å². The molecule has 10 nitrogen and oxygen atoms in total. The van der Waals surface area contributed by atoms with E-state index in [-0.39, 0.29) is 23.8 Å². The number of amides is 3. The average Bonchev–Trinajstić information content (AvgIpc) is 3.39. The van der Waals surface area contributed by atoms with Gasteiger partial charge in [0.15, 0.2) is 0 Å². The van der Waals surface area contributed by atoms with Crippen LogP contribution >= 0.6 is 0 Å². The Bertz CT molecular complexity index is 1220. The Kier molecular flexibility index (Phi) is 6.02. The third-order valence-corrected chi connectivity index (χ3v) is 6.63. The molecule has 3 unspecified atom stereocenters. The van der Waals surface area contributed by atoms with Crippen LogP contribution in [0.3, 0.4) is 0 Å². The van der Waals surface area contributed by atoms with Crippen LogP contribution in [0.15, 0.2) is 47.0 Å². The zero-order valence-electron chi connectivity index (χ0n) is 19.7. The molecule has 5 rings (SSSR count). The minimum Gasteiger partial charge on any atom is -0.497 e. The summed E-state index contributed by atoms with van der Waals surface area (Å²) >= 11 is 0. The first-order chi connectivity index (χ1) is 17.0. The van der Waals surface area contributed by atoms with Crippen molar-refractivity contribution in [1.29, 1.82) is 0 Å². The maximum atomic E-state index is 13.2. The van der Waals surface area contributed by atoms with Crippen molar-refractivity contribution < 1.29 is 28.3 Å². The first-order valence-electron chi connectivity index (χ1n) is 11.4. The van der Waals surface area contributed by atoms with Gasteiger partial charge in [0.2, 0.25) is 17.6 Å². The van der Waals surface area contributed by atoms with Gasteiger partial charge in [-0.05, 0) is 55.7 Å². The molecule has 3 aromatic rings. The molecule has 0 spiro atoms. The summed E-state index contributed by atoms with van der Waals surface area (Å²) in [5.41, 5.74) is 1.23. The number of carbonyl (C=O) groups is 2. The standard InChI is InChI=1S/C25H26N4O6/c1-32-17-7-5-16(6-8-17)29-24(30)20-9-4-14(12-21(20)26-25(29)31)23-27-22(28-35-23)15-10-18(33-2)13-19(11-15)34-3/h5-8,10-11,13-14,20-21H,4,9,12H2,1-3H3,(H,26,31). The van der Waals surface area contributed by atoms with E-state index in [1.807, 2.05) is 12.1 Å². The maximum absolute atomic E-state index is 13.2. The number of aromatic nitrogens is 2. The highest BCUT2D eigenvalue weighted by molar-refractivity contribution is 6.17. The van der Waals surface area contributed by atoms with Gasteiger partial charge in [0.25, 0.3) is 0 Å². The summed E-state index contributed by atoms with van der Waals surface area (Å²) in [7, 11) is 4.72. The Balaban J connectivity index is 1.32.